The summed E-state index contributed by atoms with van der Waals surface area (Å²) < 4.78 is 5.00. The normalized spacial score (nSPS) is 10.6. The molecule has 0 aromatic heterocycles. The van der Waals surface area contributed by atoms with Crippen molar-refractivity contribution in [2.24, 2.45) is 0 Å². The van der Waals surface area contributed by atoms with Gasteiger partial charge in [0.15, 0.2) is 0 Å². The number of rotatable bonds is 7. The van der Waals surface area contributed by atoms with Crippen molar-refractivity contribution in [2.75, 3.05) is 6.61 Å². The van der Waals surface area contributed by atoms with Gasteiger partial charge in [0, 0.05) is 12.3 Å². The second-order valence-corrected chi connectivity index (χ2v) is 5.07. The quantitative estimate of drug-likeness (QED) is 0.696. The summed E-state index contributed by atoms with van der Waals surface area (Å²) in [6, 6.07) is 20.9. The van der Waals surface area contributed by atoms with E-state index in [9.17, 15) is 4.79 Å². The molecule has 2 nitrogen and oxygen atoms in total. The van der Waals surface area contributed by atoms with E-state index in [1.807, 2.05) is 19.1 Å². The zero-order valence-corrected chi connectivity index (χ0v) is 12.5. The van der Waals surface area contributed by atoms with Crippen LogP contribution in [0.4, 0.5) is 0 Å². The van der Waals surface area contributed by atoms with Crippen LogP contribution in [0, 0.1) is 0 Å². The zero-order chi connectivity index (χ0) is 14.9. The van der Waals surface area contributed by atoms with Crippen LogP contribution >= 0.6 is 0 Å². The van der Waals surface area contributed by atoms with Crippen LogP contribution in [0.3, 0.4) is 0 Å². The van der Waals surface area contributed by atoms with Crippen molar-refractivity contribution in [3.8, 4) is 0 Å². The minimum Gasteiger partial charge on any atom is -0.466 e. The minimum atomic E-state index is -0.0997. The largest absolute Gasteiger partial charge is 0.466 e. The van der Waals surface area contributed by atoms with E-state index in [1.54, 1.807) is 0 Å². The van der Waals surface area contributed by atoms with E-state index in [2.05, 4.69) is 48.5 Å². The van der Waals surface area contributed by atoms with Gasteiger partial charge in [-0.1, -0.05) is 60.7 Å². The Kier molecular flexibility index (Phi) is 6.01. The van der Waals surface area contributed by atoms with Crippen molar-refractivity contribution in [2.45, 2.75) is 32.1 Å². The maximum Gasteiger partial charge on any atom is 0.305 e. The smallest absolute Gasteiger partial charge is 0.305 e. The molecule has 2 rings (SSSR count). The molecule has 0 amide bonds. The highest BCUT2D eigenvalue weighted by molar-refractivity contribution is 5.69. The molecule has 0 aliphatic heterocycles. The first-order valence-corrected chi connectivity index (χ1v) is 7.56. The van der Waals surface area contributed by atoms with Crippen molar-refractivity contribution in [1.29, 1.82) is 0 Å². The van der Waals surface area contributed by atoms with Crippen molar-refractivity contribution >= 4 is 5.97 Å². The third-order valence-electron chi connectivity index (χ3n) is 3.58. The molecule has 0 bridgehead atoms. The first-order valence-electron chi connectivity index (χ1n) is 7.56. The summed E-state index contributed by atoms with van der Waals surface area (Å²) in [5.74, 6) is 0.235. The standard InChI is InChI=1S/C19H22O2/c1-2-21-19(20)15-9-14-18(16-10-5-3-6-11-16)17-12-7-4-8-13-17/h3-8,10-13,18H,2,9,14-15H2,1H3. The Morgan fingerprint density at radius 2 is 1.48 bits per heavy atom. The molecule has 0 radical (unpaired) electrons. The lowest BCUT2D eigenvalue weighted by Crippen LogP contribution is -2.06. The second kappa shape index (κ2) is 8.25. The van der Waals surface area contributed by atoms with Gasteiger partial charge in [0.25, 0.3) is 0 Å². The summed E-state index contributed by atoms with van der Waals surface area (Å²) in [5.41, 5.74) is 2.60. The summed E-state index contributed by atoms with van der Waals surface area (Å²) in [7, 11) is 0. The summed E-state index contributed by atoms with van der Waals surface area (Å²) in [6.45, 7) is 2.30. The van der Waals surface area contributed by atoms with Gasteiger partial charge >= 0.3 is 5.97 Å². The first kappa shape index (κ1) is 15.3. The molecular formula is C19H22O2. The number of benzene rings is 2. The van der Waals surface area contributed by atoms with Gasteiger partial charge in [-0.3, -0.25) is 4.79 Å². The number of carbonyl (C=O) groups is 1. The van der Waals surface area contributed by atoms with Crippen LogP contribution in [0.2, 0.25) is 0 Å². The summed E-state index contributed by atoms with van der Waals surface area (Å²) in [6.07, 6.45) is 2.28. The monoisotopic (exact) mass is 282 g/mol. The van der Waals surface area contributed by atoms with E-state index in [4.69, 9.17) is 4.74 Å². The molecule has 0 saturated carbocycles. The Balaban J connectivity index is 2.05. The summed E-state index contributed by atoms with van der Waals surface area (Å²) in [5, 5.41) is 0. The van der Waals surface area contributed by atoms with Gasteiger partial charge in [-0.2, -0.15) is 0 Å². The molecule has 0 spiro atoms. The van der Waals surface area contributed by atoms with Crippen LogP contribution in [0.15, 0.2) is 60.7 Å². The Labute approximate surface area is 126 Å². The van der Waals surface area contributed by atoms with Crippen molar-refractivity contribution in [1.82, 2.24) is 0 Å². The molecule has 0 aliphatic rings. The molecule has 2 aromatic carbocycles. The zero-order valence-electron chi connectivity index (χ0n) is 12.5. The predicted octanol–water partition coefficient (Wildman–Crippen LogP) is 4.55. The molecule has 2 aromatic rings. The highest BCUT2D eigenvalue weighted by Gasteiger charge is 2.14. The van der Waals surface area contributed by atoms with E-state index < -0.39 is 0 Å². The van der Waals surface area contributed by atoms with Crippen molar-refractivity contribution < 1.29 is 9.53 Å². The topological polar surface area (TPSA) is 26.3 Å². The number of ether oxygens (including phenoxy) is 1. The van der Waals surface area contributed by atoms with Gasteiger partial charge < -0.3 is 4.74 Å². The van der Waals surface area contributed by atoms with E-state index in [-0.39, 0.29) is 5.97 Å². The first-order chi connectivity index (χ1) is 10.3. The molecule has 0 N–H and O–H groups in total. The molecule has 0 saturated heterocycles. The maximum atomic E-state index is 11.5. The summed E-state index contributed by atoms with van der Waals surface area (Å²) >= 11 is 0. The van der Waals surface area contributed by atoms with Crippen molar-refractivity contribution in [3.05, 3.63) is 71.8 Å². The van der Waals surface area contributed by atoms with Gasteiger partial charge in [0.2, 0.25) is 0 Å². The Hall–Kier alpha value is -2.09. The SMILES string of the molecule is CCOC(=O)CCCC(c1ccccc1)c1ccccc1. The number of carbonyl (C=O) groups excluding carboxylic acids is 1. The Morgan fingerprint density at radius 1 is 0.952 bits per heavy atom. The van der Waals surface area contributed by atoms with Gasteiger partial charge in [-0.25, -0.2) is 0 Å². The molecule has 0 aliphatic carbocycles. The lowest BCUT2D eigenvalue weighted by atomic mass is 9.87. The van der Waals surface area contributed by atoms with Crippen LogP contribution in [-0.2, 0) is 9.53 Å². The highest BCUT2D eigenvalue weighted by atomic mass is 16.5. The Morgan fingerprint density at radius 3 is 1.95 bits per heavy atom. The molecule has 0 atom stereocenters. The highest BCUT2D eigenvalue weighted by Crippen LogP contribution is 2.29. The van der Waals surface area contributed by atoms with Crippen LogP contribution in [0.25, 0.3) is 0 Å². The predicted molar refractivity (Wildman–Crippen MR) is 85.2 cm³/mol. The van der Waals surface area contributed by atoms with Crippen LogP contribution in [0.1, 0.15) is 43.2 Å². The van der Waals surface area contributed by atoms with Crippen LogP contribution < -0.4 is 0 Å². The molecule has 21 heavy (non-hydrogen) atoms. The fourth-order valence-electron chi connectivity index (χ4n) is 2.58. The molecule has 2 heteroatoms. The molecule has 0 fully saturated rings. The fraction of sp³-hybridized carbons (Fsp3) is 0.316. The lowest BCUT2D eigenvalue weighted by molar-refractivity contribution is -0.143. The van der Waals surface area contributed by atoms with Gasteiger partial charge in [0.1, 0.15) is 0 Å². The molecule has 110 valence electrons. The van der Waals surface area contributed by atoms with E-state index in [0.717, 1.165) is 12.8 Å². The van der Waals surface area contributed by atoms with Crippen LogP contribution in [0.5, 0.6) is 0 Å². The minimum absolute atomic E-state index is 0.0997. The van der Waals surface area contributed by atoms with E-state index in [1.165, 1.54) is 11.1 Å². The lowest BCUT2D eigenvalue weighted by Gasteiger charge is -2.18. The molecule has 0 heterocycles. The molecule has 0 unspecified atom stereocenters. The van der Waals surface area contributed by atoms with Crippen molar-refractivity contribution in [3.63, 3.8) is 0 Å². The third-order valence-corrected chi connectivity index (χ3v) is 3.58. The number of hydrogen-bond acceptors (Lipinski definition) is 2. The number of hydrogen-bond donors (Lipinski definition) is 0. The van der Waals surface area contributed by atoms with E-state index in [0.29, 0.717) is 18.9 Å². The van der Waals surface area contributed by atoms with Gasteiger partial charge in [-0.05, 0) is 30.9 Å². The average Bonchev–Trinajstić information content (AvgIpc) is 2.53. The van der Waals surface area contributed by atoms with Gasteiger partial charge in [0.05, 0.1) is 6.61 Å². The number of esters is 1. The third kappa shape index (κ3) is 4.75. The maximum absolute atomic E-state index is 11.5. The van der Waals surface area contributed by atoms with Gasteiger partial charge in [-0.15, -0.1) is 0 Å². The van der Waals surface area contributed by atoms with E-state index >= 15 is 0 Å². The fourth-order valence-corrected chi connectivity index (χ4v) is 2.58. The van der Waals surface area contributed by atoms with Crippen LogP contribution in [-0.4, -0.2) is 12.6 Å². The summed E-state index contributed by atoms with van der Waals surface area (Å²) in [4.78, 5) is 11.5. The Bertz CT molecular complexity index is 495. The average molecular weight is 282 g/mol. The second-order valence-electron chi connectivity index (χ2n) is 5.07. The molecular weight excluding hydrogens is 260 g/mol.